The molecule has 2 saturated heterocycles. The van der Waals surface area contributed by atoms with Crippen LogP contribution in [0.25, 0.3) is 5.76 Å². The van der Waals surface area contributed by atoms with Crippen LogP contribution in [0, 0.1) is 0 Å². The third kappa shape index (κ3) is 4.16. The summed E-state index contributed by atoms with van der Waals surface area (Å²) in [5.74, 6) is -1.45. The van der Waals surface area contributed by atoms with Crippen LogP contribution >= 0.6 is 15.9 Å². The Bertz CT molecular complexity index is 956. The Hall–Kier alpha value is -2.55. The molecule has 7 nitrogen and oxygen atoms in total. The smallest absolute Gasteiger partial charge is 0.295 e. The summed E-state index contributed by atoms with van der Waals surface area (Å²) in [5, 5.41) is 11.0. The minimum Gasteiger partial charge on any atom is -0.507 e. The van der Waals surface area contributed by atoms with E-state index < -0.39 is 17.7 Å². The highest BCUT2D eigenvalue weighted by Crippen LogP contribution is 2.39. The number of ketones is 1. The Kier molecular flexibility index (Phi) is 6.26. The zero-order valence-electron chi connectivity index (χ0n) is 16.3. The molecule has 1 aromatic carbocycles. The summed E-state index contributed by atoms with van der Waals surface area (Å²) in [6, 6.07) is 9.88. The second-order valence-corrected chi connectivity index (χ2v) is 8.16. The number of nitrogens with zero attached hydrogens (tertiary/aromatic N) is 3. The van der Waals surface area contributed by atoms with Gasteiger partial charge in [0.1, 0.15) is 5.76 Å². The highest BCUT2D eigenvalue weighted by molar-refractivity contribution is 9.10. The molecule has 1 N–H and O–H groups in total. The molecule has 30 heavy (non-hydrogen) atoms. The number of aliphatic hydroxyl groups excluding tert-OH is 1. The molecular weight excluding hydrogens is 450 g/mol. The number of aliphatic hydroxyl groups is 1. The zero-order chi connectivity index (χ0) is 21.1. The number of hydrogen-bond acceptors (Lipinski definition) is 6. The van der Waals surface area contributed by atoms with Gasteiger partial charge in [0.05, 0.1) is 24.8 Å². The number of morpholine rings is 1. The number of amides is 1. The molecule has 1 amide bonds. The van der Waals surface area contributed by atoms with Gasteiger partial charge in [-0.3, -0.25) is 19.5 Å². The zero-order valence-corrected chi connectivity index (χ0v) is 17.9. The van der Waals surface area contributed by atoms with E-state index in [0.29, 0.717) is 37.4 Å². The first-order valence-electron chi connectivity index (χ1n) is 9.80. The summed E-state index contributed by atoms with van der Waals surface area (Å²) in [6.07, 6.45) is 3.27. The average molecular weight is 472 g/mol. The van der Waals surface area contributed by atoms with Crippen LogP contribution in [0.3, 0.4) is 0 Å². The van der Waals surface area contributed by atoms with Crippen LogP contribution in [0.15, 0.2) is 58.8 Å². The van der Waals surface area contributed by atoms with Crippen LogP contribution in [0.1, 0.15) is 17.2 Å². The lowest BCUT2D eigenvalue weighted by Gasteiger charge is -2.30. The molecular formula is C22H22BrN3O4. The number of pyridine rings is 1. The topological polar surface area (TPSA) is 83.0 Å². The van der Waals surface area contributed by atoms with Crippen LogP contribution in [-0.2, 0) is 14.3 Å². The first kappa shape index (κ1) is 20.7. The van der Waals surface area contributed by atoms with Crippen molar-refractivity contribution < 1.29 is 19.4 Å². The van der Waals surface area contributed by atoms with Gasteiger partial charge in [-0.25, -0.2) is 0 Å². The summed E-state index contributed by atoms with van der Waals surface area (Å²) in [7, 11) is 0. The van der Waals surface area contributed by atoms with E-state index in [9.17, 15) is 14.7 Å². The van der Waals surface area contributed by atoms with E-state index in [1.165, 1.54) is 0 Å². The van der Waals surface area contributed by atoms with Crippen LogP contribution in [-0.4, -0.2) is 71.0 Å². The standard InChI is InChI=1S/C22H22BrN3O4/c23-17-5-3-15(4-6-17)20(27)18-19(16-2-1-7-24-14-16)26(22(29)21(18)28)9-8-25-10-12-30-13-11-25/h1-7,14,19,27H,8-13H2. The van der Waals surface area contributed by atoms with E-state index in [2.05, 4.69) is 25.8 Å². The largest absolute Gasteiger partial charge is 0.507 e. The van der Waals surface area contributed by atoms with Crippen molar-refractivity contribution in [1.82, 2.24) is 14.8 Å². The molecule has 2 fully saturated rings. The van der Waals surface area contributed by atoms with E-state index in [1.54, 1.807) is 47.6 Å². The molecule has 0 radical (unpaired) electrons. The number of ether oxygens (including phenoxy) is 1. The fourth-order valence-electron chi connectivity index (χ4n) is 3.83. The van der Waals surface area contributed by atoms with Crippen molar-refractivity contribution in [2.75, 3.05) is 39.4 Å². The lowest BCUT2D eigenvalue weighted by Crippen LogP contribution is -2.42. The first-order valence-corrected chi connectivity index (χ1v) is 10.6. The third-order valence-corrected chi connectivity index (χ3v) is 5.95. The number of benzene rings is 1. The van der Waals surface area contributed by atoms with Crippen LogP contribution in [0.5, 0.6) is 0 Å². The molecule has 0 bridgehead atoms. The van der Waals surface area contributed by atoms with Crippen molar-refractivity contribution in [2.24, 2.45) is 0 Å². The van der Waals surface area contributed by atoms with Crippen molar-refractivity contribution >= 4 is 33.4 Å². The quantitative estimate of drug-likeness (QED) is 0.409. The van der Waals surface area contributed by atoms with E-state index in [-0.39, 0.29) is 11.3 Å². The number of aromatic nitrogens is 1. The van der Waals surface area contributed by atoms with Crippen molar-refractivity contribution in [1.29, 1.82) is 0 Å². The lowest BCUT2D eigenvalue weighted by molar-refractivity contribution is -0.140. The molecule has 1 atom stereocenters. The number of halogens is 1. The van der Waals surface area contributed by atoms with Crippen LogP contribution in [0.4, 0.5) is 0 Å². The van der Waals surface area contributed by atoms with Gasteiger partial charge in [-0.05, 0) is 23.8 Å². The molecule has 0 aliphatic carbocycles. The highest BCUT2D eigenvalue weighted by atomic mass is 79.9. The predicted octanol–water partition coefficient (Wildman–Crippen LogP) is 2.60. The van der Waals surface area contributed by atoms with E-state index in [0.717, 1.165) is 17.6 Å². The minimum atomic E-state index is -0.677. The summed E-state index contributed by atoms with van der Waals surface area (Å²) < 4.78 is 6.23. The minimum absolute atomic E-state index is 0.0947. The Labute approximate surface area is 183 Å². The molecule has 2 aliphatic heterocycles. The highest BCUT2D eigenvalue weighted by Gasteiger charge is 2.46. The van der Waals surface area contributed by atoms with Crippen LogP contribution < -0.4 is 0 Å². The van der Waals surface area contributed by atoms with Gasteiger partial charge >= 0.3 is 0 Å². The van der Waals surface area contributed by atoms with E-state index >= 15 is 0 Å². The maximum atomic E-state index is 13.0. The SMILES string of the molecule is O=C1C(=O)N(CCN2CCOCC2)C(c2cccnc2)C1=C(O)c1ccc(Br)cc1. The number of rotatable bonds is 5. The number of Topliss-reactive ketones (excluding diaryl/α,β-unsaturated/α-hetero) is 1. The Morgan fingerprint density at radius 3 is 2.53 bits per heavy atom. The molecule has 3 heterocycles. The van der Waals surface area contributed by atoms with E-state index in [4.69, 9.17) is 4.74 Å². The molecule has 2 aliphatic rings. The maximum Gasteiger partial charge on any atom is 0.295 e. The fourth-order valence-corrected chi connectivity index (χ4v) is 4.10. The Morgan fingerprint density at radius 1 is 1.13 bits per heavy atom. The molecule has 8 heteroatoms. The van der Waals surface area contributed by atoms with Crippen molar-refractivity contribution in [2.45, 2.75) is 6.04 Å². The molecule has 0 saturated carbocycles. The molecule has 1 aromatic heterocycles. The second-order valence-electron chi connectivity index (χ2n) is 7.24. The van der Waals surface area contributed by atoms with Gasteiger partial charge in [0.15, 0.2) is 0 Å². The lowest BCUT2D eigenvalue weighted by atomic mass is 9.96. The molecule has 156 valence electrons. The van der Waals surface area contributed by atoms with Gasteiger partial charge in [-0.1, -0.05) is 34.1 Å². The monoisotopic (exact) mass is 471 g/mol. The van der Waals surface area contributed by atoms with Crippen LogP contribution in [0.2, 0.25) is 0 Å². The first-order chi connectivity index (χ1) is 14.6. The van der Waals surface area contributed by atoms with Crippen molar-refractivity contribution in [3.05, 3.63) is 70.0 Å². The van der Waals surface area contributed by atoms with Gasteiger partial charge in [-0.2, -0.15) is 0 Å². The van der Waals surface area contributed by atoms with Crippen molar-refractivity contribution in [3.63, 3.8) is 0 Å². The van der Waals surface area contributed by atoms with Gasteiger partial charge in [0.25, 0.3) is 11.7 Å². The molecule has 0 spiro atoms. The molecule has 2 aromatic rings. The fraction of sp³-hybridized carbons (Fsp3) is 0.318. The van der Waals surface area contributed by atoms with E-state index in [1.807, 2.05) is 6.07 Å². The van der Waals surface area contributed by atoms with Gasteiger partial charge < -0.3 is 14.7 Å². The summed E-state index contributed by atoms with van der Waals surface area (Å²) >= 11 is 3.37. The Morgan fingerprint density at radius 2 is 1.87 bits per heavy atom. The third-order valence-electron chi connectivity index (χ3n) is 5.42. The maximum absolute atomic E-state index is 13.0. The van der Waals surface area contributed by atoms with Gasteiger partial charge in [0.2, 0.25) is 0 Å². The molecule has 1 unspecified atom stereocenters. The Balaban J connectivity index is 1.71. The molecule has 4 rings (SSSR count). The average Bonchev–Trinajstić information content (AvgIpc) is 3.04. The normalized spacial score (nSPS) is 21.9. The summed E-state index contributed by atoms with van der Waals surface area (Å²) in [6.45, 7) is 3.91. The number of carbonyl (C=O) groups excluding carboxylic acids is 2. The second kappa shape index (κ2) is 9.07. The number of carbonyl (C=O) groups is 2. The number of hydrogen-bond donors (Lipinski definition) is 1. The van der Waals surface area contributed by atoms with Gasteiger partial charge in [0, 0.05) is 48.6 Å². The van der Waals surface area contributed by atoms with Gasteiger partial charge in [-0.15, -0.1) is 0 Å². The predicted molar refractivity (Wildman–Crippen MR) is 115 cm³/mol. The summed E-state index contributed by atoms with van der Waals surface area (Å²) in [4.78, 5) is 33.8. The summed E-state index contributed by atoms with van der Waals surface area (Å²) in [5.41, 5.74) is 1.27. The van der Waals surface area contributed by atoms with Crippen molar-refractivity contribution in [3.8, 4) is 0 Å². The number of likely N-dealkylation sites (tertiary alicyclic amines) is 1.